The van der Waals surface area contributed by atoms with Gasteiger partial charge in [-0.2, -0.15) is 0 Å². The van der Waals surface area contributed by atoms with Gasteiger partial charge in [-0.25, -0.2) is 4.98 Å². The third-order valence-electron chi connectivity index (χ3n) is 4.58. The fraction of sp³-hybridized carbons (Fsp3) is 0.273. The fourth-order valence-electron chi connectivity index (χ4n) is 2.96. The van der Waals surface area contributed by atoms with Gasteiger partial charge < -0.3 is 15.0 Å². The Hall–Kier alpha value is -3.68. The second kappa shape index (κ2) is 10.2. The molecule has 2 aromatic carbocycles. The lowest BCUT2D eigenvalue weighted by Gasteiger charge is -2.19. The summed E-state index contributed by atoms with van der Waals surface area (Å²) < 4.78 is 6.14. The van der Waals surface area contributed by atoms with E-state index >= 15 is 0 Å². The third kappa shape index (κ3) is 5.66. The molecule has 0 aliphatic heterocycles. The summed E-state index contributed by atoms with van der Waals surface area (Å²) in [5.74, 6) is -1.05. The normalized spacial score (nSPS) is 10.6. The highest BCUT2D eigenvalue weighted by atomic mass is 16.5. The first-order valence-electron chi connectivity index (χ1n) is 9.67. The Kier molecular flexibility index (Phi) is 7.15. The summed E-state index contributed by atoms with van der Waals surface area (Å²) in [5.41, 5.74) is 1.34. The van der Waals surface area contributed by atoms with Gasteiger partial charge in [-0.1, -0.05) is 30.3 Å². The number of carbonyl (C=O) groups is 2. The summed E-state index contributed by atoms with van der Waals surface area (Å²) in [7, 11) is 1.99. The lowest BCUT2D eigenvalue weighted by Crippen LogP contribution is -2.33. The molecule has 8 nitrogen and oxygen atoms in total. The number of benzene rings is 2. The van der Waals surface area contributed by atoms with Gasteiger partial charge in [-0.3, -0.25) is 19.0 Å². The predicted octanol–water partition coefficient (Wildman–Crippen LogP) is 1.58. The molecule has 3 aromatic rings. The van der Waals surface area contributed by atoms with Gasteiger partial charge in [-0.15, -0.1) is 0 Å². The second-order valence-electron chi connectivity index (χ2n) is 6.82. The van der Waals surface area contributed by atoms with E-state index in [9.17, 15) is 14.4 Å². The van der Waals surface area contributed by atoms with Crippen LogP contribution in [-0.2, 0) is 20.9 Å². The molecule has 0 unspecified atom stereocenters. The molecule has 0 saturated carbocycles. The van der Waals surface area contributed by atoms with E-state index in [1.165, 1.54) is 10.9 Å². The van der Waals surface area contributed by atoms with Crippen molar-refractivity contribution in [2.45, 2.75) is 13.0 Å². The van der Waals surface area contributed by atoms with E-state index in [0.717, 1.165) is 18.7 Å². The summed E-state index contributed by atoms with van der Waals surface area (Å²) in [5, 5.41) is 3.14. The van der Waals surface area contributed by atoms with Gasteiger partial charge in [0, 0.05) is 25.8 Å². The smallest absolute Gasteiger partial charge is 0.326 e. The minimum Gasteiger partial charge on any atom is -0.454 e. The van der Waals surface area contributed by atoms with Crippen LogP contribution in [0.15, 0.2) is 65.7 Å². The Morgan fingerprint density at radius 2 is 1.83 bits per heavy atom. The number of hydrogen-bond donors (Lipinski definition) is 1. The van der Waals surface area contributed by atoms with E-state index in [4.69, 9.17) is 4.74 Å². The first kappa shape index (κ1) is 21.0. The van der Waals surface area contributed by atoms with Gasteiger partial charge in [0.2, 0.25) is 0 Å². The van der Waals surface area contributed by atoms with Crippen molar-refractivity contribution in [3.8, 4) is 0 Å². The first-order chi connectivity index (χ1) is 14.5. The summed E-state index contributed by atoms with van der Waals surface area (Å²) >= 11 is 0. The highest BCUT2D eigenvalue weighted by molar-refractivity contribution is 5.81. The molecule has 1 N–H and O–H groups in total. The van der Waals surface area contributed by atoms with Crippen LogP contribution in [0.4, 0.5) is 5.69 Å². The molecule has 0 aliphatic carbocycles. The van der Waals surface area contributed by atoms with Crippen LogP contribution >= 0.6 is 0 Å². The van der Waals surface area contributed by atoms with Crippen LogP contribution in [0, 0.1) is 0 Å². The molecule has 0 fully saturated rings. The molecule has 0 saturated heterocycles. The first-order valence-corrected chi connectivity index (χ1v) is 9.67. The van der Waals surface area contributed by atoms with Gasteiger partial charge in [0.05, 0.1) is 17.2 Å². The van der Waals surface area contributed by atoms with Crippen molar-refractivity contribution in [3.63, 3.8) is 0 Å². The van der Waals surface area contributed by atoms with Crippen LogP contribution < -0.4 is 15.8 Å². The summed E-state index contributed by atoms with van der Waals surface area (Å²) in [6.07, 6.45) is 2.05. The van der Waals surface area contributed by atoms with Gasteiger partial charge in [0.25, 0.3) is 11.5 Å². The lowest BCUT2D eigenvalue weighted by atomic mass is 10.2. The van der Waals surface area contributed by atoms with Crippen LogP contribution in [0.3, 0.4) is 0 Å². The number of fused-ring (bicyclic) bond motifs is 1. The number of amides is 1. The molecule has 0 atom stereocenters. The van der Waals surface area contributed by atoms with E-state index in [2.05, 4.69) is 15.2 Å². The maximum Gasteiger partial charge on any atom is 0.326 e. The van der Waals surface area contributed by atoms with Crippen LogP contribution in [0.2, 0.25) is 0 Å². The summed E-state index contributed by atoms with van der Waals surface area (Å²) in [4.78, 5) is 42.5. The Morgan fingerprint density at radius 3 is 2.63 bits per heavy atom. The number of para-hydroxylation sites is 2. The summed E-state index contributed by atoms with van der Waals surface area (Å²) in [6, 6.07) is 16.8. The molecule has 0 bridgehead atoms. The van der Waals surface area contributed by atoms with Crippen molar-refractivity contribution in [1.29, 1.82) is 0 Å². The van der Waals surface area contributed by atoms with Crippen LogP contribution in [0.1, 0.15) is 6.42 Å². The van der Waals surface area contributed by atoms with Crippen molar-refractivity contribution >= 4 is 28.5 Å². The van der Waals surface area contributed by atoms with Gasteiger partial charge in [0.15, 0.2) is 6.61 Å². The van der Waals surface area contributed by atoms with Crippen molar-refractivity contribution in [1.82, 2.24) is 14.9 Å². The molecular weight excluding hydrogens is 384 g/mol. The largest absolute Gasteiger partial charge is 0.454 e. The van der Waals surface area contributed by atoms with Gasteiger partial charge in [0.1, 0.15) is 6.54 Å². The van der Waals surface area contributed by atoms with E-state index in [0.29, 0.717) is 17.4 Å². The van der Waals surface area contributed by atoms with Gasteiger partial charge >= 0.3 is 5.97 Å². The van der Waals surface area contributed by atoms with E-state index in [1.54, 1.807) is 24.3 Å². The lowest BCUT2D eigenvalue weighted by molar-refractivity contribution is -0.149. The van der Waals surface area contributed by atoms with Crippen LogP contribution in [0.5, 0.6) is 0 Å². The second-order valence-corrected chi connectivity index (χ2v) is 6.82. The number of aromatic nitrogens is 2. The van der Waals surface area contributed by atoms with Crippen molar-refractivity contribution in [2.75, 3.05) is 31.6 Å². The molecule has 3 rings (SSSR count). The average molecular weight is 408 g/mol. The summed E-state index contributed by atoms with van der Waals surface area (Å²) in [6.45, 7) is 0.568. The number of nitrogens with one attached hydrogen (secondary N) is 1. The fourth-order valence-corrected chi connectivity index (χ4v) is 2.96. The van der Waals surface area contributed by atoms with Gasteiger partial charge in [-0.05, 0) is 30.7 Å². The van der Waals surface area contributed by atoms with E-state index in [1.807, 2.05) is 37.4 Å². The highest BCUT2D eigenvalue weighted by Gasteiger charge is 2.11. The van der Waals surface area contributed by atoms with Crippen LogP contribution in [-0.4, -0.2) is 48.2 Å². The monoisotopic (exact) mass is 408 g/mol. The zero-order valence-corrected chi connectivity index (χ0v) is 16.8. The van der Waals surface area contributed by atoms with Crippen LogP contribution in [0.25, 0.3) is 10.9 Å². The predicted molar refractivity (Wildman–Crippen MR) is 114 cm³/mol. The SMILES string of the molecule is CN(CCCNC(=O)COC(=O)Cn1cnc2ccccc2c1=O)c1ccccc1. The number of esters is 1. The Balaban J connectivity index is 1.38. The molecule has 0 aliphatic rings. The third-order valence-corrected chi connectivity index (χ3v) is 4.58. The molecule has 8 heteroatoms. The van der Waals surface area contributed by atoms with Crippen molar-refractivity contribution < 1.29 is 14.3 Å². The molecular formula is C22H24N4O4. The minimum atomic E-state index is -0.673. The Morgan fingerprint density at radius 1 is 1.10 bits per heavy atom. The topological polar surface area (TPSA) is 93.5 Å². The zero-order chi connectivity index (χ0) is 21.3. The quantitative estimate of drug-likeness (QED) is 0.427. The average Bonchev–Trinajstić information content (AvgIpc) is 2.78. The number of ether oxygens (including phenoxy) is 1. The number of hydrogen-bond acceptors (Lipinski definition) is 6. The highest BCUT2D eigenvalue weighted by Crippen LogP contribution is 2.10. The Labute approximate surface area is 174 Å². The maximum absolute atomic E-state index is 12.4. The van der Waals surface area contributed by atoms with Crippen molar-refractivity contribution in [3.05, 3.63) is 71.3 Å². The molecule has 0 radical (unpaired) electrons. The van der Waals surface area contributed by atoms with Crippen molar-refractivity contribution in [2.24, 2.45) is 0 Å². The number of rotatable bonds is 9. The molecule has 0 spiro atoms. The van der Waals surface area contributed by atoms with E-state index < -0.39 is 5.97 Å². The maximum atomic E-state index is 12.4. The standard InChI is InChI=1S/C22H24N4O4/c1-25(17-8-3-2-4-9-17)13-7-12-23-20(27)15-30-21(28)14-26-16-24-19-11-6-5-10-18(19)22(26)29/h2-6,8-11,16H,7,12-15H2,1H3,(H,23,27). The molecule has 1 amide bonds. The zero-order valence-electron chi connectivity index (χ0n) is 16.8. The number of anilines is 1. The molecule has 1 aromatic heterocycles. The molecule has 30 heavy (non-hydrogen) atoms. The molecule has 1 heterocycles. The molecule has 156 valence electrons. The minimum absolute atomic E-state index is 0.300. The Bertz CT molecular complexity index is 1070. The number of nitrogens with zero attached hydrogens (tertiary/aromatic N) is 3. The van der Waals surface area contributed by atoms with E-state index in [-0.39, 0.29) is 24.6 Å². The number of carbonyl (C=O) groups excluding carboxylic acids is 2.